The van der Waals surface area contributed by atoms with Crippen LogP contribution in [0.2, 0.25) is 0 Å². The number of benzene rings is 1. The number of hydrogen-bond acceptors (Lipinski definition) is 7. The molecule has 0 unspecified atom stereocenters. The van der Waals surface area contributed by atoms with Crippen LogP contribution in [0.4, 0.5) is 11.6 Å². The van der Waals surface area contributed by atoms with Crippen LogP contribution >= 0.6 is 0 Å². The average molecular weight is 389 g/mol. The molecule has 0 radical (unpaired) electrons. The van der Waals surface area contributed by atoms with E-state index in [9.17, 15) is 0 Å². The normalized spacial score (nSPS) is 15.3. The van der Waals surface area contributed by atoms with Gasteiger partial charge in [0.25, 0.3) is 0 Å². The monoisotopic (exact) mass is 389 g/mol. The molecule has 0 aliphatic carbocycles. The molecule has 4 aromatic rings. The first kappa shape index (κ1) is 17.7. The fourth-order valence-electron chi connectivity index (χ4n) is 3.70. The predicted octanol–water partition coefficient (Wildman–Crippen LogP) is 2.31. The number of rotatable bonds is 4. The highest BCUT2D eigenvalue weighted by molar-refractivity contribution is 5.55. The Hall–Kier alpha value is -3.39. The van der Waals surface area contributed by atoms with Gasteiger partial charge in [-0.25, -0.2) is 9.97 Å². The summed E-state index contributed by atoms with van der Waals surface area (Å²) in [6.45, 7) is 4.27. The Bertz CT molecular complexity index is 1130. The summed E-state index contributed by atoms with van der Waals surface area (Å²) in [6.07, 6.45) is 2.28. The Kier molecular flexibility index (Phi) is 4.40. The maximum atomic E-state index is 6.14. The minimum absolute atomic E-state index is 0.318. The van der Waals surface area contributed by atoms with Crippen molar-refractivity contribution >= 4 is 17.3 Å². The SMILES string of the molecule is CN1CCN(c2cccc(Cc3cc4nc(-c5ccco5)nn4c(N)n3)c2)CC1. The summed E-state index contributed by atoms with van der Waals surface area (Å²) in [5, 5.41) is 4.40. The Morgan fingerprint density at radius 1 is 1.03 bits per heavy atom. The van der Waals surface area contributed by atoms with Gasteiger partial charge in [0.05, 0.1) is 12.0 Å². The summed E-state index contributed by atoms with van der Waals surface area (Å²) in [6, 6.07) is 14.2. The van der Waals surface area contributed by atoms with Crippen molar-refractivity contribution in [2.75, 3.05) is 43.9 Å². The van der Waals surface area contributed by atoms with Crippen LogP contribution in [0.25, 0.3) is 17.2 Å². The zero-order valence-electron chi connectivity index (χ0n) is 16.3. The fourth-order valence-corrected chi connectivity index (χ4v) is 3.70. The highest BCUT2D eigenvalue weighted by atomic mass is 16.3. The quantitative estimate of drug-likeness (QED) is 0.573. The van der Waals surface area contributed by atoms with Crippen molar-refractivity contribution in [1.29, 1.82) is 0 Å². The second-order valence-electron chi connectivity index (χ2n) is 7.43. The molecule has 0 amide bonds. The maximum absolute atomic E-state index is 6.14. The lowest BCUT2D eigenvalue weighted by Gasteiger charge is -2.34. The van der Waals surface area contributed by atoms with Crippen LogP contribution in [0.1, 0.15) is 11.3 Å². The van der Waals surface area contributed by atoms with E-state index in [-0.39, 0.29) is 0 Å². The molecule has 0 saturated carbocycles. The molecule has 3 aromatic heterocycles. The number of hydrogen-bond donors (Lipinski definition) is 1. The van der Waals surface area contributed by atoms with E-state index < -0.39 is 0 Å². The zero-order valence-corrected chi connectivity index (χ0v) is 16.3. The van der Waals surface area contributed by atoms with Crippen LogP contribution in [0.5, 0.6) is 0 Å². The molecule has 1 fully saturated rings. The molecule has 148 valence electrons. The molecule has 5 rings (SSSR count). The van der Waals surface area contributed by atoms with Crippen LogP contribution in [-0.2, 0) is 6.42 Å². The number of aromatic nitrogens is 4. The number of nitrogens with two attached hydrogens (primary N) is 1. The smallest absolute Gasteiger partial charge is 0.223 e. The van der Waals surface area contributed by atoms with E-state index in [1.54, 1.807) is 16.8 Å². The molecule has 1 aliphatic rings. The van der Waals surface area contributed by atoms with Crippen molar-refractivity contribution in [3.63, 3.8) is 0 Å². The number of likely N-dealkylation sites (N-methyl/N-ethyl adjacent to an activating group) is 1. The molecular weight excluding hydrogens is 366 g/mol. The van der Waals surface area contributed by atoms with Crippen molar-refractivity contribution in [2.45, 2.75) is 6.42 Å². The van der Waals surface area contributed by atoms with E-state index in [2.05, 4.69) is 56.2 Å². The minimum atomic E-state index is 0.318. The molecule has 0 atom stereocenters. The molecule has 4 heterocycles. The van der Waals surface area contributed by atoms with E-state index in [0.29, 0.717) is 29.6 Å². The van der Waals surface area contributed by atoms with Gasteiger partial charge in [-0.2, -0.15) is 4.52 Å². The van der Waals surface area contributed by atoms with Gasteiger partial charge >= 0.3 is 0 Å². The van der Waals surface area contributed by atoms with Gasteiger partial charge in [0.2, 0.25) is 11.8 Å². The van der Waals surface area contributed by atoms with Gasteiger partial charge in [-0.05, 0) is 36.9 Å². The van der Waals surface area contributed by atoms with Crippen molar-refractivity contribution < 1.29 is 4.42 Å². The Morgan fingerprint density at radius 2 is 1.90 bits per heavy atom. The van der Waals surface area contributed by atoms with Crippen LogP contribution in [0.3, 0.4) is 0 Å². The summed E-state index contributed by atoms with van der Waals surface area (Å²) in [5.74, 6) is 1.42. The van der Waals surface area contributed by atoms with Gasteiger partial charge in [-0.3, -0.25) is 0 Å². The van der Waals surface area contributed by atoms with Crippen LogP contribution in [-0.4, -0.2) is 57.7 Å². The number of piperazine rings is 1. The van der Waals surface area contributed by atoms with Crippen molar-refractivity contribution in [1.82, 2.24) is 24.5 Å². The first-order valence-corrected chi connectivity index (χ1v) is 9.74. The highest BCUT2D eigenvalue weighted by Gasteiger charge is 2.15. The summed E-state index contributed by atoms with van der Waals surface area (Å²) in [5.41, 5.74) is 10.1. The molecule has 1 aromatic carbocycles. The van der Waals surface area contributed by atoms with Crippen molar-refractivity contribution in [2.24, 2.45) is 0 Å². The van der Waals surface area contributed by atoms with Crippen LogP contribution in [0, 0.1) is 0 Å². The second kappa shape index (κ2) is 7.21. The van der Waals surface area contributed by atoms with Gasteiger partial charge < -0.3 is 20.0 Å². The van der Waals surface area contributed by atoms with E-state index in [1.165, 1.54) is 11.3 Å². The zero-order chi connectivity index (χ0) is 19.8. The Labute approximate surface area is 168 Å². The van der Waals surface area contributed by atoms with Gasteiger partial charge in [0.15, 0.2) is 11.4 Å². The molecular formula is C21H23N7O. The van der Waals surface area contributed by atoms with Crippen molar-refractivity contribution in [3.8, 4) is 11.6 Å². The Balaban J connectivity index is 1.41. The number of furan rings is 1. The first-order valence-electron chi connectivity index (χ1n) is 9.74. The minimum Gasteiger partial charge on any atom is -0.461 e. The molecule has 2 N–H and O–H groups in total. The van der Waals surface area contributed by atoms with E-state index >= 15 is 0 Å². The van der Waals surface area contributed by atoms with E-state index in [1.807, 2.05) is 12.1 Å². The highest BCUT2D eigenvalue weighted by Crippen LogP contribution is 2.22. The molecule has 8 nitrogen and oxygen atoms in total. The van der Waals surface area contributed by atoms with Crippen LogP contribution < -0.4 is 10.6 Å². The molecule has 8 heteroatoms. The molecule has 0 bridgehead atoms. The standard InChI is InChI=1S/C21H23N7O/c1-26-7-9-27(10-8-26)17-5-2-4-15(13-17)12-16-14-19-24-20(18-6-3-11-29-18)25-28(19)21(22)23-16/h2-6,11,13-14H,7-10,12H2,1H3,(H2,22,23). The van der Waals surface area contributed by atoms with E-state index in [0.717, 1.165) is 31.9 Å². The summed E-state index contributed by atoms with van der Waals surface area (Å²) in [4.78, 5) is 13.9. The third-order valence-corrected chi connectivity index (χ3v) is 5.31. The second-order valence-corrected chi connectivity index (χ2v) is 7.43. The van der Waals surface area contributed by atoms with Gasteiger partial charge in [0.1, 0.15) is 0 Å². The lowest BCUT2D eigenvalue weighted by Crippen LogP contribution is -2.44. The number of nitrogen functional groups attached to an aromatic ring is 1. The summed E-state index contributed by atoms with van der Waals surface area (Å²) >= 11 is 0. The van der Waals surface area contributed by atoms with Crippen LogP contribution in [0.15, 0.2) is 53.1 Å². The van der Waals surface area contributed by atoms with E-state index in [4.69, 9.17) is 10.2 Å². The number of fused-ring (bicyclic) bond motifs is 1. The first-order chi connectivity index (χ1) is 14.2. The maximum Gasteiger partial charge on any atom is 0.223 e. The number of anilines is 2. The van der Waals surface area contributed by atoms with Crippen molar-refractivity contribution in [3.05, 3.63) is 60.0 Å². The number of nitrogens with zero attached hydrogens (tertiary/aromatic N) is 6. The summed E-state index contributed by atoms with van der Waals surface area (Å²) < 4.78 is 6.93. The Morgan fingerprint density at radius 3 is 2.69 bits per heavy atom. The molecule has 1 saturated heterocycles. The predicted molar refractivity (Wildman–Crippen MR) is 112 cm³/mol. The summed E-state index contributed by atoms with van der Waals surface area (Å²) in [7, 11) is 2.17. The van der Waals surface area contributed by atoms with Gasteiger partial charge in [-0.15, -0.1) is 5.10 Å². The molecule has 0 spiro atoms. The average Bonchev–Trinajstić information content (AvgIpc) is 3.39. The topological polar surface area (TPSA) is 88.7 Å². The third kappa shape index (κ3) is 3.54. The van der Waals surface area contributed by atoms with Gasteiger partial charge in [0, 0.05) is 44.4 Å². The largest absolute Gasteiger partial charge is 0.461 e. The molecule has 29 heavy (non-hydrogen) atoms. The lowest BCUT2D eigenvalue weighted by atomic mass is 10.1. The van der Waals surface area contributed by atoms with Gasteiger partial charge in [-0.1, -0.05) is 12.1 Å². The third-order valence-electron chi connectivity index (χ3n) is 5.31. The fraction of sp³-hybridized carbons (Fsp3) is 0.286. The lowest BCUT2D eigenvalue weighted by molar-refractivity contribution is 0.313. The molecule has 1 aliphatic heterocycles.